The van der Waals surface area contributed by atoms with E-state index < -0.39 is 0 Å². The van der Waals surface area contributed by atoms with Gasteiger partial charge < -0.3 is 10.5 Å². The van der Waals surface area contributed by atoms with Crippen LogP contribution in [0.25, 0.3) is 0 Å². The van der Waals surface area contributed by atoms with Crippen LogP contribution in [-0.4, -0.2) is 5.60 Å². The first kappa shape index (κ1) is 10.5. The minimum absolute atomic E-state index is 0.0360. The molecule has 0 radical (unpaired) electrons. The van der Waals surface area contributed by atoms with Crippen molar-refractivity contribution in [3.8, 4) is 5.75 Å². The van der Waals surface area contributed by atoms with Gasteiger partial charge in [-0.15, -0.1) is 0 Å². The largest absolute Gasteiger partial charge is 0.487 e. The number of para-hydroxylation sites is 1. The summed E-state index contributed by atoms with van der Waals surface area (Å²) in [6.45, 7) is 6.27. The third kappa shape index (κ3) is 2.00. The number of ether oxygens (including phenoxy) is 1. The van der Waals surface area contributed by atoms with Gasteiger partial charge in [0, 0.05) is 11.6 Å². The van der Waals surface area contributed by atoms with Crippen LogP contribution in [0.2, 0.25) is 0 Å². The second kappa shape index (κ2) is 3.53. The Morgan fingerprint density at radius 3 is 2.80 bits per heavy atom. The predicted molar refractivity (Wildman–Crippen MR) is 62.1 cm³/mol. The Kier molecular flexibility index (Phi) is 2.47. The van der Waals surface area contributed by atoms with Gasteiger partial charge in [-0.3, -0.25) is 0 Å². The van der Waals surface area contributed by atoms with Crippen molar-refractivity contribution in [2.75, 3.05) is 0 Å². The van der Waals surface area contributed by atoms with Crippen molar-refractivity contribution >= 4 is 0 Å². The van der Waals surface area contributed by atoms with E-state index >= 15 is 0 Å². The van der Waals surface area contributed by atoms with Crippen LogP contribution < -0.4 is 10.5 Å². The Morgan fingerprint density at radius 1 is 1.40 bits per heavy atom. The molecular formula is C13H19NO. The van der Waals surface area contributed by atoms with Crippen LogP contribution in [-0.2, 0) is 6.42 Å². The molecule has 0 bridgehead atoms. The summed E-state index contributed by atoms with van der Waals surface area (Å²) in [5, 5.41) is 0. The molecule has 1 aromatic carbocycles. The molecule has 1 aliphatic rings. The number of aryl methyl sites for hydroxylation is 1. The Balaban J connectivity index is 2.45. The number of benzene rings is 1. The summed E-state index contributed by atoms with van der Waals surface area (Å²) in [6, 6.07) is 6.30. The van der Waals surface area contributed by atoms with Crippen LogP contribution in [0.5, 0.6) is 5.75 Å². The molecule has 15 heavy (non-hydrogen) atoms. The van der Waals surface area contributed by atoms with Crippen LogP contribution in [0.1, 0.15) is 44.4 Å². The van der Waals surface area contributed by atoms with E-state index in [4.69, 9.17) is 10.5 Å². The van der Waals surface area contributed by atoms with E-state index in [2.05, 4.69) is 32.0 Å². The van der Waals surface area contributed by atoms with E-state index in [1.54, 1.807) is 0 Å². The Labute approximate surface area is 91.4 Å². The summed E-state index contributed by atoms with van der Waals surface area (Å²) in [7, 11) is 0. The molecule has 0 saturated carbocycles. The molecule has 1 aliphatic heterocycles. The minimum atomic E-state index is -0.0575. The molecule has 2 rings (SSSR count). The molecule has 0 aliphatic carbocycles. The standard InChI is InChI=1S/C13H19NO/c1-9(14)11-6-4-5-10-7-8-13(2,3)15-12(10)11/h4-6,9H,7-8,14H2,1-3H3. The smallest absolute Gasteiger partial charge is 0.128 e. The molecule has 2 N–H and O–H groups in total. The van der Waals surface area contributed by atoms with E-state index in [1.165, 1.54) is 5.56 Å². The number of hydrogen-bond acceptors (Lipinski definition) is 2. The predicted octanol–water partition coefficient (Wildman–Crippen LogP) is 2.81. The maximum atomic E-state index is 6.03. The second-order valence-corrected chi connectivity index (χ2v) is 4.99. The number of nitrogens with two attached hydrogens (primary N) is 1. The molecule has 2 nitrogen and oxygen atoms in total. The first-order valence-corrected chi connectivity index (χ1v) is 5.56. The van der Waals surface area contributed by atoms with Gasteiger partial charge in [0.15, 0.2) is 0 Å². The third-order valence-electron chi connectivity index (χ3n) is 2.99. The molecule has 1 heterocycles. The summed E-state index contributed by atoms with van der Waals surface area (Å²) in [4.78, 5) is 0. The molecule has 0 fully saturated rings. The fourth-order valence-electron chi connectivity index (χ4n) is 2.05. The SMILES string of the molecule is CC(N)c1cccc2c1OC(C)(C)CC2. The summed E-state index contributed by atoms with van der Waals surface area (Å²) in [5.74, 6) is 1.02. The van der Waals surface area contributed by atoms with Crippen LogP contribution in [0.3, 0.4) is 0 Å². The second-order valence-electron chi connectivity index (χ2n) is 4.99. The molecule has 82 valence electrons. The monoisotopic (exact) mass is 205 g/mol. The van der Waals surface area contributed by atoms with Gasteiger partial charge in [0.1, 0.15) is 11.4 Å². The lowest BCUT2D eigenvalue weighted by Crippen LogP contribution is -2.33. The Hall–Kier alpha value is -1.02. The third-order valence-corrected chi connectivity index (χ3v) is 2.99. The van der Waals surface area contributed by atoms with Crippen molar-refractivity contribution in [1.29, 1.82) is 0 Å². The maximum Gasteiger partial charge on any atom is 0.128 e. The van der Waals surface area contributed by atoms with Gasteiger partial charge in [-0.05, 0) is 39.2 Å². The fraction of sp³-hybridized carbons (Fsp3) is 0.538. The van der Waals surface area contributed by atoms with E-state index in [0.29, 0.717) is 0 Å². The highest BCUT2D eigenvalue weighted by atomic mass is 16.5. The zero-order valence-electron chi connectivity index (χ0n) is 9.71. The van der Waals surface area contributed by atoms with Crippen molar-refractivity contribution in [2.24, 2.45) is 5.73 Å². The van der Waals surface area contributed by atoms with Crippen molar-refractivity contribution in [3.63, 3.8) is 0 Å². The molecule has 2 heteroatoms. The molecule has 0 saturated heterocycles. The van der Waals surface area contributed by atoms with Gasteiger partial charge in [-0.2, -0.15) is 0 Å². The minimum Gasteiger partial charge on any atom is -0.487 e. The number of hydrogen-bond donors (Lipinski definition) is 1. The summed E-state index contributed by atoms with van der Waals surface area (Å²) in [5.41, 5.74) is 8.31. The summed E-state index contributed by atoms with van der Waals surface area (Å²) in [6.07, 6.45) is 2.16. The van der Waals surface area contributed by atoms with Crippen LogP contribution in [0.4, 0.5) is 0 Å². The van der Waals surface area contributed by atoms with Gasteiger partial charge in [0.25, 0.3) is 0 Å². The highest BCUT2D eigenvalue weighted by molar-refractivity contribution is 5.44. The van der Waals surface area contributed by atoms with Crippen LogP contribution in [0, 0.1) is 0 Å². The van der Waals surface area contributed by atoms with Gasteiger partial charge in [0.05, 0.1) is 0 Å². The lowest BCUT2D eigenvalue weighted by molar-refractivity contribution is 0.0829. The maximum absolute atomic E-state index is 6.03. The topological polar surface area (TPSA) is 35.2 Å². The van der Waals surface area contributed by atoms with Crippen molar-refractivity contribution in [1.82, 2.24) is 0 Å². The zero-order chi connectivity index (χ0) is 11.1. The number of fused-ring (bicyclic) bond motifs is 1. The molecule has 1 atom stereocenters. The van der Waals surface area contributed by atoms with Crippen molar-refractivity contribution < 1.29 is 4.74 Å². The lowest BCUT2D eigenvalue weighted by Gasteiger charge is -2.34. The quantitative estimate of drug-likeness (QED) is 0.765. The van der Waals surface area contributed by atoms with E-state index in [0.717, 1.165) is 24.2 Å². The highest BCUT2D eigenvalue weighted by Gasteiger charge is 2.28. The number of rotatable bonds is 1. The zero-order valence-corrected chi connectivity index (χ0v) is 9.71. The molecule has 1 unspecified atom stereocenters. The summed E-state index contributed by atoms with van der Waals surface area (Å²) >= 11 is 0. The summed E-state index contributed by atoms with van der Waals surface area (Å²) < 4.78 is 6.03. The first-order chi connectivity index (χ1) is 6.99. The lowest BCUT2D eigenvalue weighted by atomic mass is 9.91. The van der Waals surface area contributed by atoms with Crippen molar-refractivity contribution in [2.45, 2.75) is 45.3 Å². The Morgan fingerprint density at radius 2 is 2.13 bits per heavy atom. The first-order valence-electron chi connectivity index (χ1n) is 5.56. The van der Waals surface area contributed by atoms with E-state index in [-0.39, 0.29) is 11.6 Å². The van der Waals surface area contributed by atoms with Gasteiger partial charge >= 0.3 is 0 Å². The Bertz CT molecular complexity index is 369. The molecule has 0 amide bonds. The highest BCUT2D eigenvalue weighted by Crippen LogP contribution is 2.37. The molecule has 0 aromatic heterocycles. The van der Waals surface area contributed by atoms with Gasteiger partial charge in [-0.1, -0.05) is 18.2 Å². The molecule has 1 aromatic rings. The fourth-order valence-corrected chi connectivity index (χ4v) is 2.05. The normalized spacial score (nSPS) is 20.3. The van der Waals surface area contributed by atoms with Crippen molar-refractivity contribution in [3.05, 3.63) is 29.3 Å². The average Bonchev–Trinajstić information content (AvgIpc) is 2.15. The van der Waals surface area contributed by atoms with Gasteiger partial charge in [0.2, 0.25) is 0 Å². The van der Waals surface area contributed by atoms with Crippen LogP contribution >= 0.6 is 0 Å². The average molecular weight is 205 g/mol. The molecule has 0 spiro atoms. The van der Waals surface area contributed by atoms with Gasteiger partial charge in [-0.25, -0.2) is 0 Å². The van der Waals surface area contributed by atoms with Crippen LogP contribution in [0.15, 0.2) is 18.2 Å². The molecular weight excluding hydrogens is 186 g/mol. The van der Waals surface area contributed by atoms with E-state index in [1.807, 2.05) is 6.92 Å². The van der Waals surface area contributed by atoms with E-state index in [9.17, 15) is 0 Å².